The normalized spacial score (nSPS) is 24.7. The molecule has 0 bridgehead atoms. The van der Waals surface area contributed by atoms with E-state index in [0.29, 0.717) is 24.5 Å². The van der Waals surface area contributed by atoms with E-state index < -0.39 is 5.54 Å². The molecule has 5 nitrogen and oxygen atoms in total. The van der Waals surface area contributed by atoms with E-state index in [1.54, 1.807) is 0 Å². The highest BCUT2D eigenvalue weighted by molar-refractivity contribution is 5.88. The second-order valence-corrected chi connectivity index (χ2v) is 9.05. The summed E-state index contributed by atoms with van der Waals surface area (Å²) in [4.78, 5) is 16.0. The lowest BCUT2D eigenvalue weighted by Gasteiger charge is -2.38. The van der Waals surface area contributed by atoms with Gasteiger partial charge < -0.3 is 5.32 Å². The van der Waals surface area contributed by atoms with Crippen molar-refractivity contribution in [1.82, 2.24) is 21.1 Å². The number of hydrogen-bond acceptors (Lipinski definition) is 4. The molecule has 1 saturated heterocycles. The quantitative estimate of drug-likeness (QED) is 0.661. The molecular weight excluding hydrogens is 372 g/mol. The standard InChI is InChI=1S/C25H34N4O/c1-18-23(19(2)28-27-18)17-26-24(30)25(15-21-11-7-8-12-22(21)16-25)29(3)14-13-20-9-5-4-6-10-20/h4-12,18-19,23,27-28H,13-17H2,1-3H3,(H,26,30). The summed E-state index contributed by atoms with van der Waals surface area (Å²) in [7, 11) is 2.11. The minimum Gasteiger partial charge on any atom is -0.354 e. The first kappa shape index (κ1) is 21.0. The predicted octanol–water partition coefficient (Wildman–Crippen LogP) is 2.32. The third-order valence-electron chi connectivity index (χ3n) is 7.14. The van der Waals surface area contributed by atoms with Gasteiger partial charge in [-0.1, -0.05) is 54.6 Å². The van der Waals surface area contributed by atoms with Crippen molar-refractivity contribution in [2.75, 3.05) is 20.1 Å². The fourth-order valence-electron chi connectivity index (χ4n) is 4.99. The van der Waals surface area contributed by atoms with Crippen LogP contribution in [0.4, 0.5) is 0 Å². The zero-order valence-electron chi connectivity index (χ0n) is 18.3. The van der Waals surface area contributed by atoms with Gasteiger partial charge in [-0.15, -0.1) is 0 Å². The molecule has 1 aliphatic carbocycles. The van der Waals surface area contributed by atoms with E-state index >= 15 is 0 Å². The monoisotopic (exact) mass is 406 g/mol. The summed E-state index contributed by atoms with van der Waals surface area (Å²) < 4.78 is 0. The van der Waals surface area contributed by atoms with Crippen LogP contribution in [0.25, 0.3) is 0 Å². The van der Waals surface area contributed by atoms with Crippen LogP contribution in [0.2, 0.25) is 0 Å². The topological polar surface area (TPSA) is 56.4 Å². The van der Waals surface area contributed by atoms with Crippen molar-refractivity contribution >= 4 is 5.91 Å². The van der Waals surface area contributed by atoms with Gasteiger partial charge in [0.2, 0.25) is 5.91 Å². The van der Waals surface area contributed by atoms with E-state index in [-0.39, 0.29) is 5.91 Å². The van der Waals surface area contributed by atoms with Gasteiger partial charge in [-0.3, -0.25) is 20.5 Å². The third kappa shape index (κ3) is 4.15. The number of benzene rings is 2. The van der Waals surface area contributed by atoms with E-state index in [1.165, 1.54) is 16.7 Å². The number of carbonyl (C=O) groups excluding carboxylic acids is 1. The Morgan fingerprint density at radius 2 is 1.57 bits per heavy atom. The molecular formula is C25H34N4O. The number of nitrogens with zero attached hydrogens (tertiary/aromatic N) is 1. The van der Waals surface area contributed by atoms with E-state index in [4.69, 9.17) is 0 Å². The first-order valence-corrected chi connectivity index (χ1v) is 11.1. The summed E-state index contributed by atoms with van der Waals surface area (Å²) >= 11 is 0. The third-order valence-corrected chi connectivity index (χ3v) is 7.14. The van der Waals surface area contributed by atoms with Crippen LogP contribution in [0.1, 0.15) is 30.5 Å². The SMILES string of the molecule is CC1NNC(C)C1CNC(=O)C1(N(C)CCc2ccccc2)Cc2ccccc2C1. The van der Waals surface area contributed by atoms with Gasteiger partial charge >= 0.3 is 0 Å². The molecule has 0 spiro atoms. The van der Waals surface area contributed by atoms with Gasteiger partial charge in [0.25, 0.3) is 0 Å². The molecule has 0 aromatic heterocycles. The second kappa shape index (κ2) is 8.88. The van der Waals surface area contributed by atoms with Crippen LogP contribution in [-0.4, -0.2) is 48.6 Å². The Morgan fingerprint density at radius 3 is 2.17 bits per heavy atom. The van der Waals surface area contributed by atoms with E-state index in [1.807, 2.05) is 6.07 Å². The summed E-state index contributed by atoms with van der Waals surface area (Å²) in [6.07, 6.45) is 2.48. The average molecular weight is 407 g/mol. The molecule has 2 atom stereocenters. The van der Waals surface area contributed by atoms with Crippen LogP contribution in [0.3, 0.4) is 0 Å². The molecule has 2 aromatic carbocycles. The minimum atomic E-state index is -0.523. The highest BCUT2D eigenvalue weighted by atomic mass is 16.2. The fourth-order valence-corrected chi connectivity index (χ4v) is 4.99. The van der Waals surface area contributed by atoms with Crippen LogP contribution in [0, 0.1) is 5.92 Å². The number of nitrogens with one attached hydrogen (secondary N) is 3. The Hall–Kier alpha value is -2.21. The molecule has 0 radical (unpaired) electrons. The second-order valence-electron chi connectivity index (χ2n) is 9.05. The van der Waals surface area contributed by atoms with Crippen molar-refractivity contribution in [1.29, 1.82) is 0 Å². The Kier molecular flexibility index (Phi) is 6.23. The molecule has 1 aliphatic heterocycles. The van der Waals surface area contributed by atoms with Crippen molar-refractivity contribution in [3.05, 3.63) is 71.3 Å². The maximum Gasteiger partial charge on any atom is 0.241 e. The number of rotatable bonds is 7. The first-order chi connectivity index (χ1) is 14.5. The molecule has 1 heterocycles. The predicted molar refractivity (Wildman–Crippen MR) is 121 cm³/mol. The number of hydrogen-bond donors (Lipinski definition) is 3. The van der Waals surface area contributed by atoms with E-state index in [2.05, 4.69) is 90.5 Å². The number of fused-ring (bicyclic) bond motifs is 1. The van der Waals surface area contributed by atoms with Crippen LogP contribution in [0.15, 0.2) is 54.6 Å². The van der Waals surface area contributed by atoms with Gasteiger partial charge in [0.15, 0.2) is 0 Å². The van der Waals surface area contributed by atoms with Crippen LogP contribution >= 0.6 is 0 Å². The maximum atomic E-state index is 13.7. The van der Waals surface area contributed by atoms with Crippen LogP contribution in [0.5, 0.6) is 0 Å². The number of hydrazine groups is 1. The number of likely N-dealkylation sites (N-methyl/N-ethyl adjacent to an activating group) is 1. The van der Waals surface area contributed by atoms with Crippen molar-refractivity contribution in [3.63, 3.8) is 0 Å². The summed E-state index contributed by atoms with van der Waals surface area (Å²) in [6, 6.07) is 19.7. The van der Waals surface area contributed by atoms with Crippen LogP contribution < -0.4 is 16.2 Å². The van der Waals surface area contributed by atoms with Crippen molar-refractivity contribution in [3.8, 4) is 0 Å². The fraction of sp³-hybridized carbons (Fsp3) is 0.480. The maximum absolute atomic E-state index is 13.7. The molecule has 1 fully saturated rings. The highest BCUT2D eigenvalue weighted by Gasteiger charge is 2.47. The van der Waals surface area contributed by atoms with Gasteiger partial charge in [-0.05, 0) is 44.0 Å². The molecule has 160 valence electrons. The Balaban J connectivity index is 1.50. The van der Waals surface area contributed by atoms with Crippen LogP contribution in [-0.2, 0) is 24.1 Å². The van der Waals surface area contributed by atoms with Gasteiger partial charge in [0, 0.05) is 43.9 Å². The lowest BCUT2D eigenvalue weighted by atomic mass is 9.90. The number of amides is 1. The zero-order chi connectivity index (χ0) is 21.1. The van der Waals surface area contributed by atoms with Gasteiger partial charge in [-0.25, -0.2) is 0 Å². The summed E-state index contributed by atoms with van der Waals surface area (Å²) in [5.41, 5.74) is 9.95. The molecule has 1 amide bonds. The first-order valence-electron chi connectivity index (χ1n) is 11.1. The lowest BCUT2D eigenvalue weighted by molar-refractivity contribution is -0.132. The van der Waals surface area contributed by atoms with Crippen molar-refractivity contribution in [2.45, 2.75) is 50.7 Å². The van der Waals surface area contributed by atoms with Crippen molar-refractivity contribution in [2.24, 2.45) is 5.92 Å². The smallest absolute Gasteiger partial charge is 0.241 e. The van der Waals surface area contributed by atoms with Gasteiger partial charge in [0.05, 0.1) is 0 Å². The molecule has 2 aromatic rings. The van der Waals surface area contributed by atoms with Crippen molar-refractivity contribution < 1.29 is 4.79 Å². The molecule has 5 heteroatoms. The van der Waals surface area contributed by atoms with Gasteiger partial charge in [0.1, 0.15) is 5.54 Å². The molecule has 2 aliphatic rings. The molecule has 2 unspecified atom stereocenters. The highest BCUT2D eigenvalue weighted by Crippen LogP contribution is 2.34. The Labute approximate surface area is 180 Å². The zero-order valence-corrected chi connectivity index (χ0v) is 18.3. The Bertz CT molecular complexity index is 833. The Morgan fingerprint density at radius 1 is 1.00 bits per heavy atom. The van der Waals surface area contributed by atoms with E-state index in [9.17, 15) is 4.79 Å². The average Bonchev–Trinajstić information content (AvgIpc) is 3.32. The molecule has 30 heavy (non-hydrogen) atoms. The lowest BCUT2D eigenvalue weighted by Crippen LogP contribution is -2.59. The van der Waals surface area contributed by atoms with E-state index in [0.717, 1.165) is 25.8 Å². The largest absolute Gasteiger partial charge is 0.354 e. The molecule has 3 N–H and O–H groups in total. The van der Waals surface area contributed by atoms with Gasteiger partial charge in [-0.2, -0.15) is 0 Å². The summed E-state index contributed by atoms with van der Waals surface area (Å²) in [5.74, 6) is 0.532. The number of carbonyl (C=O) groups is 1. The summed E-state index contributed by atoms with van der Waals surface area (Å²) in [5, 5.41) is 3.32. The summed E-state index contributed by atoms with van der Waals surface area (Å²) in [6.45, 7) is 5.87. The molecule has 0 saturated carbocycles. The molecule has 4 rings (SSSR count). The minimum absolute atomic E-state index is 0.153.